The van der Waals surface area contributed by atoms with Crippen molar-refractivity contribution in [2.45, 2.75) is 63.8 Å². The number of carbonyl (C=O) groups excluding carboxylic acids is 3. The Bertz CT molecular complexity index is 966. The summed E-state index contributed by atoms with van der Waals surface area (Å²) in [5.41, 5.74) is 3.13. The van der Waals surface area contributed by atoms with E-state index >= 15 is 0 Å². The van der Waals surface area contributed by atoms with Gasteiger partial charge in [-0.15, -0.1) is 0 Å². The number of aryl methyl sites for hydroxylation is 1. The molecule has 0 unspecified atom stereocenters. The van der Waals surface area contributed by atoms with Crippen molar-refractivity contribution in [3.63, 3.8) is 0 Å². The second-order valence-electron chi connectivity index (χ2n) is 8.07. The van der Waals surface area contributed by atoms with E-state index in [4.69, 9.17) is 9.72 Å². The minimum absolute atomic E-state index is 0.110. The van der Waals surface area contributed by atoms with Gasteiger partial charge in [0.25, 0.3) is 5.91 Å². The average molecular weight is 409 g/mol. The lowest BCUT2D eigenvalue weighted by Crippen LogP contribution is -2.45. The first-order valence-electron chi connectivity index (χ1n) is 10.8. The maximum atomic E-state index is 13.0. The van der Waals surface area contributed by atoms with E-state index in [2.05, 4.69) is 10.6 Å². The van der Waals surface area contributed by atoms with Crippen molar-refractivity contribution in [1.29, 1.82) is 0 Å². The number of fused-ring (bicyclic) bond motifs is 2. The molecule has 2 aliphatic rings. The maximum Gasteiger partial charge on any atom is 0.339 e. The molecular formula is C23H27N3O4. The molecule has 1 aromatic carbocycles. The summed E-state index contributed by atoms with van der Waals surface area (Å²) >= 11 is 0. The van der Waals surface area contributed by atoms with Crippen molar-refractivity contribution >= 4 is 28.8 Å². The van der Waals surface area contributed by atoms with Crippen molar-refractivity contribution < 1.29 is 19.1 Å². The van der Waals surface area contributed by atoms with Crippen LogP contribution in [0.5, 0.6) is 0 Å². The summed E-state index contributed by atoms with van der Waals surface area (Å²) in [6.07, 6.45) is 8.77. The van der Waals surface area contributed by atoms with Crippen LogP contribution in [0.3, 0.4) is 0 Å². The number of ether oxygens (including phenoxy) is 1. The molecule has 2 aromatic rings. The number of aromatic nitrogens is 1. The number of urea groups is 1. The first-order valence-corrected chi connectivity index (χ1v) is 10.8. The molecule has 0 aliphatic heterocycles. The van der Waals surface area contributed by atoms with Gasteiger partial charge in [0, 0.05) is 17.1 Å². The molecule has 1 fully saturated rings. The Labute approximate surface area is 175 Å². The Kier molecular flexibility index (Phi) is 6.26. The van der Waals surface area contributed by atoms with Crippen LogP contribution in [0.15, 0.2) is 24.3 Å². The number of esters is 1. The third-order valence-electron chi connectivity index (χ3n) is 5.90. The molecule has 1 aromatic heterocycles. The monoisotopic (exact) mass is 409 g/mol. The van der Waals surface area contributed by atoms with Crippen LogP contribution in [-0.4, -0.2) is 35.5 Å². The van der Waals surface area contributed by atoms with Crippen LogP contribution in [0.25, 0.3) is 10.9 Å². The van der Waals surface area contributed by atoms with Gasteiger partial charge in [0.15, 0.2) is 6.61 Å². The highest BCUT2D eigenvalue weighted by Crippen LogP contribution is 2.29. The number of hydrogen-bond donors (Lipinski definition) is 2. The summed E-state index contributed by atoms with van der Waals surface area (Å²) in [5, 5.41) is 5.76. The summed E-state index contributed by atoms with van der Waals surface area (Å²) < 4.78 is 5.32. The lowest BCUT2D eigenvalue weighted by atomic mass is 9.97. The second-order valence-corrected chi connectivity index (χ2v) is 8.07. The van der Waals surface area contributed by atoms with Crippen LogP contribution in [0.2, 0.25) is 0 Å². The third-order valence-corrected chi connectivity index (χ3v) is 5.90. The Morgan fingerprint density at radius 2 is 1.77 bits per heavy atom. The summed E-state index contributed by atoms with van der Waals surface area (Å²) in [6.45, 7) is -0.498. The molecule has 30 heavy (non-hydrogen) atoms. The Morgan fingerprint density at radius 3 is 2.60 bits per heavy atom. The van der Waals surface area contributed by atoms with Crippen molar-refractivity contribution in [2.24, 2.45) is 0 Å². The van der Waals surface area contributed by atoms with E-state index in [9.17, 15) is 14.4 Å². The van der Waals surface area contributed by atoms with E-state index in [1.165, 1.54) is 0 Å². The number of nitrogens with zero attached hydrogens (tertiary/aromatic N) is 1. The average Bonchev–Trinajstić information content (AvgIpc) is 3.13. The summed E-state index contributed by atoms with van der Waals surface area (Å²) in [6, 6.07) is 7.08. The Morgan fingerprint density at radius 1 is 1.00 bits per heavy atom. The highest BCUT2D eigenvalue weighted by Gasteiger charge is 2.24. The molecule has 0 bridgehead atoms. The third kappa shape index (κ3) is 4.61. The maximum absolute atomic E-state index is 13.0. The first kappa shape index (κ1) is 20.3. The van der Waals surface area contributed by atoms with Gasteiger partial charge < -0.3 is 10.1 Å². The van der Waals surface area contributed by atoms with Gasteiger partial charge in [-0.3, -0.25) is 15.1 Å². The van der Waals surface area contributed by atoms with Crippen molar-refractivity contribution in [3.8, 4) is 0 Å². The quantitative estimate of drug-likeness (QED) is 0.596. The number of amides is 3. The van der Waals surface area contributed by atoms with E-state index < -0.39 is 24.5 Å². The van der Waals surface area contributed by atoms with Crippen LogP contribution < -0.4 is 10.6 Å². The molecule has 1 heterocycles. The predicted molar refractivity (Wildman–Crippen MR) is 112 cm³/mol. The van der Waals surface area contributed by atoms with E-state index in [1.807, 2.05) is 24.3 Å². The van der Waals surface area contributed by atoms with E-state index in [-0.39, 0.29) is 6.04 Å². The zero-order valence-electron chi connectivity index (χ0n) is 17.0. The molecule has 4 rings (SSSR count). The number of imide groups is 1. The zero-order valence-corrected chi connectivity index (χ0v) is 17.0. The molecule has 7 heteroatoms. The molecule has 7 nitrogen and oxygen atoms in total. The fourth-order valence-electron chi connectivity index (χ4n) is 4.44. The van der Waals surface area contributed by atoms with E-state index in [1.54, 1.807) is 0 Å². The number of rotatable bonds is 4. The lowest BCUT2D eigenvalue weighted by Gasteiger charge is -2.15. The smallest absolute Gasteiger partial charge is 0.339 e. The fraction of sp³-hybridized carbons (Fsp3) is 0.478. The second kappa shape index (κ2) is 9.24. The minimum atomic E-state index is -0.636. The molecule has 1 saturated carbocycles. The summed E-state index contributed by atoms with van der Waals surface area (Å²) in [5.74, 6) is -1.18. The molecular weight excluding hydrogens is 382 g/mol. The van der Waals surface area contributed by atoms with E-state index in [0.29, 0.717) is 5.56 Å². The molecule has 3 amide bonds. The van der Waals surface area contributed by atoms with Gasteiger partial charge in [-0.1, -0.05) is 37.5 Å². The first-order chi connectivity index (χ1) is 14.6. The number of pyridine rings is 1. The number of carbonyl (C=O) groups is 3. The summed E-state index contributed by atoms with van der Waals surface area (Å²) in [4.78, 5) is 41.8. The van der Waals surface area contributed by atoms with Crippen molar-refractivity contribution in [1.82, 2.24) is 15.6 Å². The van der Waals surface area contributed by atoms with Crippen LogP contribution in [-0.2, 0) is 22.4 Å². The van der Waals surface area contributed by atoms with Crippen LogP contribution in [0, 0.1) is 0 Å². The predicted octanol–water partition coefficient (Wildman–Crippen LogP) is 3.43. The Hall–Kier alpha value is -2.96. The molecule has 0 radical (unpaired) electrons. The highest BCUT2D eigenvalue weighted by atomic mass is 16.5. The molecule has 0 saturated heterocycles. The minimum Gasteiger partial charge on any atom is -0.452 e. The van der Waals surface area contributed by atoms with Crippen LogP contribution in [0.4, 0.5) is 4.79 Å². The Balaban J connectivity index is 1.45. The normalized spacial score (nSPS) is 16.5. The van der Waals surface area contributed by atoms with Gasteiger partial charge in [0.2, 0.25) is 0 Å². The number of benzene rings is 1. The molecule has 0 spiro atoms. The fourth-order valence-corrected chi connectivity index (χ4v) is 4.44. The zero-order chi connectivity index (χ0) is 20.9. The highest BCUT2D eigenvalue weighted by molar-refractivity contribution is 6.06. The van der Waals surface area contributed by atoms with Crippen molar-refractivity contribution in [3.05, 3.63) is 41.1 Å². The topological polar surface area (TPSA) is 97.4 Å². The number of hydrogen-bond acceptors (Lipinski definition) is 5. The SMILES string of the molecule is O=C(COC(=O)c1c2c(nc3ccccc13)CCCCC2)NC(=O)NC1CCCC1. The number of para-hydroxylation sites is 1. The van der Waals surface area contributed by atoms with Gasteiger partial charge in [0.1, 0.15) is 0 Å². The molecule has 2 N–H and O–H groups in total. The largest absolute Gasteiger partial charge is 0.452 e. The molecule has 2 aliphatic carbocycles. The van der Waals surface area contributed by atoms with Gasteiger partial charge in [0.05, 0.1) is 11.1 Å². The van der Waals surface area contributed by atoms with Gasteiger partial charge in [-0.05, 0) is 50.2 Å². The lowest BCUT2D eigenvalue weighted by molar-refractivity contribution is -0.123. The van der Waals surface area contributed by atoms with Crippen LogP contribution in [0.1, 0.15) is 66.6 Å². The summed E-state index contributed by atoms with van der Waals surface area (Å²) in [7, 11) is 0. The van der Waals surface area contributed by atoms with Gasteiger partial charge in [-0.25, -0.2) is 9.59 Å². The molecule has 0 atom stereocenters. The van der Waals surface area contributed by atoms with E-state index in [0.717, 1.165) is 79.9 Å². The number of nitrogens with one attached hydrogen (secondary N) is 2. The van der Waals surface area contributed by atoms with Crippen molar-refractivity contribution in [2.75, 3.05) is 6.61 Å². The van der Waals surface area contributed by atoms with Crippen LogP contribution >= 0.6 is 0 Å². The molecule has 158 valence electrons. The van der Waals surface area contributed by atoms with Gasteiger partial charge in [-0.2, -0.15) is 0 Å². The van der Waals surface area contributed by atoms with Gasteiger partial charge >= 0.3 is 12.0 Å². The standard InChI is InChI=1S/C23H27N3O4/c27-20(26-23(29)24-15-8-4-5-9-15)14-30-22(28)21-16-10-2-1-3-12-18(16)25-19-13-7-6-11-17(19)21/h6-7,11,13,15H,1-5,8-10,12,14H2,(H2,24,26,27,29).